The van der Waals surface area contributed by atoms with Gasteiger partial charge in [0.25, 0.3) is 5.91 Å². The summed E-state index contributed by atoms with van der Waals surface area (Å²) in [5.74, 6) is 0.441. The number of carbonyl (C=O) groups is 1. The summed E-state index contributed by atoms with van der Waals surface area (Å²) in [7, 11) is 3.96. The number of hydrogen-bond acceptors (Lipinski definition) is 2. The lowest BCUT2D eigenvalue weighted by atomic mass is 10.1. The minimum atomic E-state index is -0.00324. The van der Waals surface area contributed by atoms with E-state index in [9.17, 15) is 4.79 Å². The standard InChI is InChI=1S/C14H22N2O/c1-10(2)11(3)15-14(17)12-6-8-13(9-7-12)16(4)5/h6-11H,1-5H3,(H,15,17)/t11-/m1/s1. The van der Waals surface area contributed by atoms with E-state index >= 15 is 0 Å². The zero-order valence-electron chi connectivity index (χ0n) is 11.3. The van der Waals surface area contributed by atoms with Crippen molar-refractivity contribution in [2.45, 2.75) is 26.8 Å². The number of rotatable bonds is 4. The summed E-state index contributed by atoms with van der Waals surface area (Å²) < 4.78 is 0. The molecule has 0 heterocycles. The smallest absolute Gasteiger partial charge is 0.251 e. The Labute approximate surface area is 104 Å². The molecule has 1 rings (SSSR count). The molecule has 94 valence electrons. The Morgan fingerprint density at radius 2 is 1.65 bits per heavy atom. The van der Waals surface area contributed by atoms with Gasteiger partial charge in [-0.15, -0.1) is 0 Å². The topological polar surface area (TPSA) is 32.3 Å². The summed E-state index contributed by atoms with van der Waals surface area (Å²) in [6, 6.07) is 7.82. The summed E-state index contributed by atoms with van der Waals surface area (Å²) in [4.78, 5) is 13.9. The highest BCUT2D eigenvalue weighted by Gasteiger charge is 2.12. The quantitative estimate of drug-likeness (QED) is 0.868. The minimum Gasteiger partial charge on any atom is -0.378 e. The van der Waals surface area contributed by atoms with E-state index in [1.807, 2.05) is 50.2 Å². The fourth-order valence-electron chi connectivity index (χ4n) is 1.37. The van der Waals surface area contributed by atoms with Crippen molar-refractivity contribution < 1.29 is 4.79 Å². The first-order chi connectivity index (χ1) is 7.91. The van der Waals surface area contributed by atoms with Crippen LogP contribution in [-0.2, 0) is 0 Å². The van der Waals surface area contributed by atoms with Crippen molar-refractivity contribution in [3.63, 3.8) is 0 Å². The fourth-order valence-corrected chi connectivity index (χ4v) is 1.37. The van der Waals surface area contributed by atoms with Gasteiger partial charge in [-0.3, -0.25) is 4.79 Å². The number of carbonyl (C=O) groups excluding carboxylic acids is 1. The molecule has 0 radical (unpaired) electrons. The average Bonchev–Trinajstić information content (AvgIpc) is 2.28. The molecule has 0 fully saturated rings. The predicted octanol–water partition coefficient (Wildman–Crippen LogP) is 2.53. The number of nitrogens with zero attached hydrogens (tertiary/aromatic N) is 1. The fraction of sp³-hybridized carbons (Fsp3) is 0.500. The van der Waals surface area contributed by atoms with Crippen LogP contribution in [0.15, 0.2) is 24.3 Å². The Bertz CT molecular complexity index is 368. The van der Waals surface area contributed by atoms with Gasteiger partial charge in [0.15, 0.2) is 0 Å². The third-order valence-electron chi connectivity index (χ3n) is 3.00. The molecule has 1 atom stereocenters. The molecule has 1 N–H and O–H groups in total. The van der Waals surface area contributed by atoms with E-state index in [1.54, 1.807) is 0 Å². The summed E-state index contributed by atoms with van der Waals surface area (Å²) in [6.45, 7) is 6.22. The molecule has 0 saturated heterocycles. The van der Waals surface area contributed by atoms with Gasteiger partial charge in [0.05, 0.1) is 0 Å². The third-order valence-corrected chi connectivity index (χ3v) is 3.00. The Hall–Kier alpha value is -1.51. The van der Waals surface area contributed by atoms with Gasteiger partial charge in [0, 0.05) is 31.4 Å². The maximum atomic E-state index is 11.9. The average molecular weight is 234 g/mol. The molecule has 1 aromatic rings. The van der Waals surface area contributed by atoms with E-state index in [0.717, 1.165) is 5.69 Å². The van der Waals surface area contributed by atoms with Crippen molar-refractivity contribution in [1.82, 2.24) is 5.32 Å². The molecule has 3 nitrogen and oxygen atoms in total. The van der Waals surface area contributed by atoms with E-state index in [-0.39, 0.29) is 11.9 Å². The van der Waals surface area contributed by atoms with E-state index in [4.69, 9.17) is 0 Å². The van der Waals surface area contributed by atoms with Gasteiger partial charge in [-0.2, -0.15) is 0 Å². The largest absolute Gasteiger partial charge is 0.378 e. The minimum absolute atomic E-state index is 0.00324. The monoisotopic (exact) mass is 234 g/mol. The molecule has 17 heavy (non-hydrogen) atoms. The van der Waals surface area contributed by atoms with Crippen LogP contribution in [0, 0.1) is 5.92 Å². The molecule has 0 aromatic heterocycles. The molecule has 0 spiro atoms. The predicted molar refractivity (Wildman–Crippen MR) is 72.5 cm³/mol. The lowest BCUT2D eigenvalue weighted by Crippen LogP contribution is -2.36. The number of benzene rings is 1. The highest BCUT2D eigenvalue weighted by Crippen LogP contribution is 2.12. The number of amides is 1. The van der Waals surface area contributed by atoms with Crippen molar-refractivity contribution >= 4 is 11.6 Å². The van der Waals surface area contributed by atoms with Crippen LogP contribution in [0.25, 0.3) is 0 Å². The molecule has 0 unspecified atom stereocenters. The molecule has 3 heteroatoms. The van der Waals surface area contributed by atoms with Gasteiger partial charge >= 0.3 is 0 Å². The van der Waals surface area contributed by atoms with Crippen molar-refractivity contribution in [2.75, 3.05) is 19.0 Å². The van der Waals surface area contributed by atoms with Crippen LogP contribution in [0.3, 0.4) is 0 Å². The Balaban J connectivity index is 2.70. The van der Waals surface area contributed by atoms with Crippen LogP contribution >= 0.6 is 0 Å². The van der Waals surface area contributed by atoms with Crippen molar-refractivity contribution in [3.8, 4) is 0 Å². The number of anilines is 1. The zero-order chi connectivity index (χ0) is 13.0. The molecule has 1 amide bonds. The Kier molecular flexibility index (Phi) is 4.55. The second kappa shape index (κ2) is 5.71. The summed E-state index contributed by atoms with van der Waals surface area (Å²) in [5, 5.41) is 2.99. The SMILES string of the molecule is CC(C)[C@@H](C)NC(=O)c1ccc(N(C)C)cc1. The molecule has 0 aliphatic heterocycles. The summed E-state index contributed by atoms with van der Waals surface area (Å²) >= 11 is 0. The first-order valence-electron chi connectivity index (χ1n) is 6.00. The highest BCUT2D eigenvalue weighted by atomic mass is 16.1. The van der Waals surface area contributed by atoms with Gasteiger partial charge in [0.1, 0.15) is 0 Å². The van der Waals surface area contributed by atoms with Crippen LogP contribution in [-0.4, -0.2) is 26.0 Å². The molecule has 1 aromatic carbocycles. The van der Waals surface area contributed by atoms with Gasteiger partial charge in [-0.25, -0.2) is 0 Å². The maximum absolute atomic E-state index is 11.9. The van der Waals surface area contributed by atoms with Crippen molar-refractivity contribution in [2.24, 2.45) is 5.92 Å². The molecule has 0 bridgehead atoms. The van der Waals surface area contributed by atoms with Crippen LogP contribution in [0.2, 0.25) is 0 Å². The highest BCUT2D eigenvalue weighted by molar-refractivity contribution is 5.94. The molecule has 0 aliphatic carbocycles. The van der Waals surface area contributed by atoms with Gasteiger partial charge < -0.3 is 10.2 Å². The van der Waals surface area contributed by atoms with E-state index in [1.165, 1.54) is 0 Å². The second-order valence-electron chi connectivity index (χ2n) is 4.95. The zero-order valence-corrected chi connectivity index (χ0v) is 11.3. The molecular formula is C14H22N2O. The van der Waals surface area contributed by atoms with Crippen LogP contribution < -0.4 is 10.2 Å². The lowest BCUT2D eigenvalue weighted by Gasteiger charge is -2.18. The van der Waals surface area contributed by atoms with Gasteiger partial charge in [-0.05, 0) is 37.1 Å². The normalized spacial score (nSPS) is 12.4. The Morgan fingerprint density at radius 1 is 1.12 bits per heavy atom. The van der Waals surface area contributed by atoms with Gasteiger partial charge in [-0.1, -0.05) is 13.8 Å². The third kappa shape index (κ3) is 3.77. The van der Waals surface area contributed by atoms with Crippen LogP contribution in [0.1, 0.15) is 31.1 Å². The number of nitrogens with one attached hydrogen (secondary N) is 1. The first kappa shape index (κ1) is 13.6. The lowest BCUT2D eigenvalue weighted by molar-refractivity contribution is 0.0930. The molecule has 0 saturated carbocycles. The number of hydrogen-bond donors (Lipinski definition) is 1. The first-order valence-corrected chi connectivity index (χ1v) is 6.00. The Morgan fingerprint density at radius 3 is 2.06 bits per heavy atom. The molecule has 0 aliphatic rings. The van der Waals surface area contributed by atoms with Gasteiger partial charge in [0.2, 0.25) is 0 Å². The van der Waals surface area contributed by atoms with Crippen LogP contribution in [0.5, 0.6) is 0 Å². The summed E-state index contributed by atoms with van der Waals surface area (Å²) in [5.41, 5.74) is 1.81. The second-order valence-corrected chi connectivity index (χ2v) is 4.95. The van der Waals surface area contributed by atoms with Crippen LogP contribution in [0.4, 0.5) is 5.69 Å². The van der Waals surface area contributed by atoms with Crippen molar-refractivity contribution in [3.05, 3.63) is 29.8 Å². The molecular weight excluding hydrogens is 212 g/mol. The van der Waals surface area contributed by atoms with E-state index in [0.29, 0.717) is 11.5 Å². The summed E-state index contributed by atoms with van der Waals surface area (Å²) in [6.07, 6.45) is 0. The van der Waals surface area contributed by atoms with E-state index < -0.39 is 0 Å². The van der Waals surface area contributed by atoms with E-state index in [2.05, 4.69) is 19.2 Å². The van der Waals surface area contributed by atoms with Crippen molar-refractivity contribution in [1.29, 1.82) is 0 Å². The maximum Gasteiger partial charge on any atom is 0.251 e.